The molecule has 0 atom stereocenters. The molecule has 1 N–H and O–H groups in total. The third-order valence-corrected chi connectivity index (χ3v) is 4.83. The monoisotopic (exact) mass is 354 g/mol. The van der Waals surface area contributed by atoms with E-state index in [1.807, 2.05) is 16.8 Å². The molecule has 0 aliphatic rings. The Kier molecular flexibility index (Phi) is 4.70. The quantitative estimate of drug-likeness (QED) is 0.864. The number of hydrogen-bond donors (Lipinski definition) is 1. The standard InChI is InChI=1S/C15H19BrN2OS/c1-9(2)18-8-12(16)6-14(18)15(19)17-7-13-5-10(3)11(4)20-13/h5-6,8-9H,7H2,1-4H3,(H,17,19). The molecule has 1 amide bonds. The molecule has 0 aliphatic heterocycles. The molecular formula is C15H19BrN2OS. The summed E-state index contributed by atoms with van der Waals surface area (Å²) in [7, 11) is 0. The third-order valence-electron chi connectivity index (χ3n) is 3.24. The van der Waals surface area contributed by atoms with Crippen LogP contribution in [0.1, 0.15) is 45.7 Å². The summed E-state index contributed by atoms with van der Waals surface area (Å²) in [5, 5.41) is 2.99. The van der Waals surface area contributed by atoms with Crippen LogP contribution in [-0.2, 0) is 6.54 Å². The van der Waals surface area contributed by atoms with Gasteiger partial charge in [0.15, 0.2) is 0 Å². The van der Waals surface area contributed by atoms with E-state index in [1.54, 1.807) is 11.3 Å². The van der Waals surface area contributed by atoms with Crippen molar-refractivity contribution >= 4 is 33.2 Å². The normalized spacial score (nSPS) is 11.1. The molecule has 0 spiro atoms. The number of carbonyl (C=O) groups is 1. The maximum Gasteiger partial charge on any atom is 0.268 e. The number of amides is 1. The first kappa shape index (κ1) is 15.3. The fraction of sp³-hybridized carbons (Fsp3) is 0.400. The number of thiophene rings is 1. The molecule has 20 heavy (non-hydrogen) atoms. The van der Waals surface area contributed by atoms with E-state index in [0.717, 1.165) is 4.47 Å². The molecule has 108 valence electrons. The van der Waals surface area contributed by atoms with Gasteiger partial charge in [0.2, 0.25) is 0 Å². The largest absolute Gasteiger partial charge is 0.346 e. The first-order valence-electron chi connectivity index (χ1n) is 6.60. The van der Waals surface area contributed by atoms with E-state index in [-0.39, 0.29) is 11.9 Å². The van der Waals surface area contributed by atoms with E-state index in [4.69, 9.17) is 0 Å². The molecule has 0 aliphatic carbocycles. The number of nitrogens with zero attached hydrogens (tertiary/aromatic N) is 1. The molecule has 0 radical (unpaired) electrons. The Morgan fingerprint density at radius 2 is 2.10 bits per heavy atom. The van der Waals surface area contributed by atoms with Crippen LogP contribution in [0.2, 0.25) is 0 Å². The van der Waals surface area contributed by atoms with Crippen molar-refractivity contribution in [3.05, 3.63) is 43.8 Å². The Morgan fingerprint density at radius 3 is 2.65 bits per heavy atom. The minimum absolute atomic E-state index is 0.0342. The Balaban J connectivity index is 2.09. The average molecular weight is 355 g/mol. The van der Waals surface area contributed by atoms with Gasteiger partial charge in [0.1, 0.15) is 5.69 Å². The molecule has 0 bridgehead atoms. The molecular weight excluding hydrogens is 336 g/mol. The van der Waals surface area contributed by atoms with Crippen molar-refractivity contribution in [1.29, 1.82) is 0 Å². The number of carbonyl (C=O) groups excluding carboxylic acids is 1. The van der Waals surface area contributed by atoms with Crippen LogP contribution in [0, 0.1) is 13.8 Å². The SMILES string of the molecule is Cc1cc(CNC(=O)c2cc(Br)cn2C(C)C)sc1C. The van der Waals surface area contributed by atoms with Crippen molar-refractivity contribution in [2.24, 2.45) is 0 Å². The van der Waals surface area contributed by atoms with Gasteiger partial charge in [-0.1, -0.05) is 0 Å². The highest BCUT2D eigenvalue weighted by molar-refractivity contribution is 9.10. The second-order valence-corrected chi connectivity index (χ2v) is 7.44. The molecule has 2 aromatic rings. The summed E-state index contributed by atoms with van der Waals surface area (Å²) in [6, 6.07) is 4.26. The molecule has 0 fully saturated rings. The maximum atomic E-state index is 12.3. The van der Waals surface area contributed by atoms with Gasteiger partial charge in [0.25, 0.3) is 5.91 Å². The van der Waals surface area contributed by atoms with Crippen LogP contribution in [0.15, 0.2) is 22.8 Å². The van der Waals surface area contributed by atoms with Crippen LogP contribution in [-0.4, -0.2) is 10.5 Å². The summed E-state index contributed by atoms with van der Waals surface area (Å²) in [6.07, 6.45) is 1.94. The molecule has 5 heteroatoms. The highest BCUT2D eigenvalue weighted by Gasteiger charge is 2.15. The van der Waals surface area contributed by atoms with Gasteiger partial charge < -0.3 is 9.88 Å². The maximum absolute atomic E-state index is 12.3. The predicted molar refractivity (Wildman–Crippen MR) is 87.5 cm³/mol. The van der Waals surface area contributed by atoms with Crippen molar-refractivity contribution in [2.45, 2.75) is 40.3 Å². The third kappa shape index (κ3) is 3.33. The van der Waals surface area contributed by atoms with Crippen LogP contribution in [0.3, 0.4) is 0 Å². The number of hydrogen-bond acceptors (Lipinski definition) is 2. The van der Waals surface area contributed by atoms with Crippen molar-refractivity contribution in [3.8, 4) is 0 Å². The Bertz CT molecular complexity index is 608. The number of aromatic nitrogens is 1. The van der Waals surface area contributed by atoms with Gasteiger partial charge in [-0.15, -0.1) is 11.3 Å². The number of halogens is 1. The predicted octanol–water partition coefficient (Wildman–Crippen LogP) is 4.44. The van der Waals surface area contributed by atoms with E-state index in [2.05, 4.69) is 55.0 Å². The summed E-state index contributed by atoms with van der Waals surface area (Å²) < 4.78 is 2.91. The first-order chi connectivity index (χ1) is 9.38. The van der Waals surface area contributed by atoms with E-state index >= 15 is 0 Å². The second kappa shape index (κ2) is 6.14. The zero-order chi connectivity index (χ0) is 14.9. The van der Waals surface area contributed by atoms with Gasteiger partial charge in [-0.3, -0.25) is 4.79 Å². The van der Waals surface area contributed by atoms with Crippen LogP contribution in [0.5, 0.6) is 0 Å². The molecule has 0 aromatic carbocycles. The van der Waals surface area contributed by atoms with Crippen LogP contribution in [0.4, 0.5) is 0 Å². The molecule has 2 aromatic heterocycles. The van der Waals surface area contributed by atoms with Gasteiger partial charge in [0, 0.05) is 26.5 Å². The highest BCUT2D eigenvalue weighted by Crippen LogP contribution is 2.21. The van der Waals surface area contributed by atoms with Crippen molar-refractivity contribution < 1.29 is 4.79 Å². The lowest BCUT2D eigenvalue weighted by atomic mass is 10.3. The minimum Gasteiger partial charge on any atom is -0.346 e. The average Bonchev–Trinajstić information content (AvgIpc) is 2.91. The summed E-state index contributed by atoms with van der Waals surface area (Å²) in [6.45, 7) is 8.91. The highest BCUT2D eigenvalue weighted by atomic mass is 79.9. The molecule has 0 unspecified atom stereocenters. The lowest BCUT2D eigenvalue weighted by Crippen LogP contribution is -2.25. The number of rotatable bonds is 4. The summed E-state index contributed by atoms with van der Waals surface area (Å²) in [5.41, 5.74) is 1.98. The topological polar surface area (TPSA) is 34.0 Å². The zero-order valence-corrected chi connectivity index (χ0v) is 14.6. The van der Waals surface area contributed by atoms with Crippen LogP contribution >= 0.6 is 27.3 Å². The van der Waals surface area contributed by atoms with E-state index in [9.17, 15) is 4.79 Å². The second-order valence-electron chi connectivity index (χ2n) is 5.18. The van der Waals surface area contributed by atoms with E-state index < -0.39 is 0 Å². The summed E-state index contributed by atoms with van der Waals surface area (Å²) in [4.78, 5) is 14.8. The van der Waals surface area contributed by atoms with Gasteiger partial charge in [-0.05, 0) is 61.3 Å². The van der Waals surface area contributed by atoms with Crippen molar-refractivity contribution in [2.75, 3.05) is 0 Å². The number of nitrogens with one attached hydrogen (secondary N) is 1. The Hall–Kier alpha value is -1.07. The molecule has 2 rings (SSSR count). The fourth-order valence-electron chi connectivity index (χ4n) is 2.05. The van der Waals surface area contributed by atoms with Gasteiger partial charge >= 0.3 is 0 Å². The van der Waals surface area contributed by atoms with Gasteiger partial charge in [-0.2, -0.15) is 0 Å². The lowest BCUT2D eigenvalue weighted by molar-refractivity contribution is 0.0940. The minimum atomic E-state index is -0.0342. The number of aryl methyl sites for hydroxylation is 2. The van der Waals surface area contributed by atoms with Crippen molar-refractivity contribution in [3.63, 3.8) is 0 Å². The summed E-state index contributed by atoms with van der Waals surface area (Å²) in [5.74, 6) is -0.0342. The fourth-order valence-corrected chi connectivity index (χ4v) is 3.48. The Morgan fingerprint density at radius 1 is 1.40 bits per heavy atom. The van der Waals surface area contributed by atoms with Crippen LogP contribution < -0.4 is 5.32 Å². The van der Waals surface area contributed by atoms with Crippen molar-refractivity contribution in [1.82, 2.24) is 9.88 Å². The van der Waals surface area contributed by atoms with Crippen LogP contribution in [0.25, 0.3) is 0 Å². The zero-order valence-electron chi connectivity index (χ0n) is 12.2. The Labute approximate surface area is 132 Å². The molecule has 0 saturated heterocycles. The van der Waals surface area contributed by atoms with Gasteiger partial charge in [0.05, 0.1) is 6.54 Å². The molecule has 2 heterocycles. The molecule has 0 saturated carbocycles. The first-order valence-corrected chi connectivity index (χ1v) is 8.21. The lowest BCUT2D eigenvalue weighted by Gasteiger charge is -2.12. The molecule has 3 nitrogen and oxygen atoms in total. The van der Waals surface area contributed by atoms with Gasteiger partial charge in [-0.25, -0.2) is 0 Å². The summed E-state index contributed by atoms with van der Waals surface area (Å²) >= 11 is 5.17. The van der Waals surface area contributed by atoms with E-state index in [0.29, 0.717) is 12.2 Å². The smallest absolute Gasteiger partial charge is 0.268 e. The van der Waals surface area contributed by atoms with E-state index in [1.165, 1.54) is 15.3 Å².